The molecule has 14 heteroatoms. The Labute approximate surface area is 401 Å². The maximum Gasteiger partial charge on any atom is 0.407 e. The molecule has 5 fully saturated rings. The molecule has 68 heavy (non-hydrogen) atoms. The summed E-state index contributed by atoms with van der Waals surface area (Å²) in [6.07, 6.45) is 14.9. The summed E-state index contributed by atoms with van der Waals surface area (Å²) in [6, 6.07) is 8.00. The Hall–Kier alpha value is -5.24. The van der Waals surface area contributed by atoms with Crippen molar-refractivity contribution in [3.63, 3.8) is 0 Å². The third-order valence-corrected chi connectivity index (χ3v) is 17.7. The number of aliphatic imine (C=N–C) groups is 1. The fourth-order valence-electron chi connectivity index (χ4n) is 14.2. The summed E-state index contributed by atoms with van der Waals surface area (Å²) in [5.74, 6) is 3.08. The van der Waals surface area contributed by atoms with Gasteiger partial charge in [-0.05, 0) is 159 Å². The van der Waals surface area contributed by atoms with Crippen LogP contribution < -0.4 is 16.4 Å². The van der Waals surface area contributed by atoms with Gasteiger partial charge in [-0.3, -0.25) is 14.6 Å². The number of hydrogen-bond acceptors (Lipinski definition) is 9. The molecule has 3 aromatic rings. The zero-order valence-electron chi connectivity index (χ0n) is 40.9. The Bertz CT molecular complexity index is 2480. The quantitative estimate of drug-likeness (QED) is 0.116. The van der Waals surface area contributed by atoms with Gasteiger partial charge in [0.25, 0.3) is 0 Å². The normalized spacial score (nSPS) is 28.5. The van der Waals surface area contributed by atoms with Gasteiger partial charge in [0, 0.05) is 29.8 Å². The van der Waals surface area contributed by atoms with Crippen LogP contribution in [0.25, 0.3) is 22.4 Å². The van der Waals surface area contributed by atoms with Crippen LogP contribution in [0, 0.1) is 17.8 Å². The number of carbonyl (C=O) groups excluding carboxylic acids is 4. The fourth-order valence-corrected chi connectivity index (χ4v) is 14.2. The van der Waals surface area contributed by atoms with Crippen molar-refractivity contribution < 1.29 is 28.7 Å². The standard InChI is InChI=1S/C54H72N8O6/c1-7-33-10-9-11-44(61(33)52(64)49(28(3)4)60-54(66)68-6)50-57-26-43(58-50)39-20-18-36(40-24-29-15-17-35(29)48(39)40)37-19-21-38(47-32-13-12-31(22-32)46(37)47)42(25-55)56-27-45-30-14-16-34(23-30)62(45)51(63)41(8-2)59-53(65)67-5/h18-21,26,28-35,41,44-45,49H,7-17,22-25,27,55H2,1-6H3,(H,57,58)(H,59,65)(H,60,66). The van der Waals surface area contributed by atoms with E-state index in [1.807, 2.05) is 36.8 Å². The number of amides is 4. The predicted molar refractivity (Wildman–Crippen MR) is 261 cm³/mol. The number of ether oxygens (including phenoxy) is 2. The number of H-pyrrole nitrogens is 1. The molecule has 2 aliphatic heterocycles. The third-order valence-electron chi connectivity index (χ3n) is 17.7. The van der Waals surface area contributed by atoms with Crippen molar-refractivity contribution >= 4 is 29.7 Å². The number of benzene rings is 2. The predicted octanol–water partition coefficient (Wildman–Crippen LogP) is 8.63. The molecule has 11 atom stereocenters. The maximum atomic E-state index is 14.4. The van der Waals surface area contributed by atoms with Crippen molar-refractivity contribution in [2.75, 3.05) is 27.3 Å². The zero-order valence-corrected chi connectivity index (χ0v) is 40.9. The topological polar surface area (TPSA) is 184 Å². The Morgan fingerprint density at radius 1 is 0.824 bits per heavy atom. The third kappa shape index (κ3) is 7.90. The van der Waals surface area contributed by atoms with Gasteiger partial charge in [0.15, 0.2) is 0 Å². The van der Waals surface area contributed by atoms with Crippen LogP contribution in [0.15, 0.2) is 35.5 Å². The van der Waals surface area contributed by atoms with Crippen LogP contribution in [0.1, 0.15) is 169 Å². The van der Waals surface area contributed by atoms with Crippen LogP contribution in [-0.4, -0.2) is 107 Å². The molecule has 4 amide bonds. The van der Waals surface area contributed by atoms with E-state index in [-0.39, 0.29) is 41.9 Å². The molecule has 2 aromatic carbocycles. The summed E-state index contributed by atoms with van der Waals surface area (Å²) in [7, 11) is 2.65. The van der Waals surface area contributed by atoms with Crippen molar-refractivity contribution in [2.24, 2.45) is 28.5 Å². The van der Waals surface area contributed by atoms with Crippen molar-refractivity contribution in [2.45, 2.75) is 172 Å². The molecule has 7 aliphatic rings. The second-order valence-electron chi connectivity index (χ2n) is 21.3. The molecular formula is C54H72N8O6. The van der Waals surface area contributed by atoms with Gasteiger partial charge in [0.05, 0.1) is 50.5 Å². The first-order chi connectivity index (χ1) is 33.0. The molecule has 3 saturated carbocycles. The molecule has 14 nitrogen and oxygen atoms in total. The van der Waals surface area contributed by atoms with Gasteiger partial charge >= 0.3 is 12.2 Å². The van der Waals surface area contributed by atoms with Crippen molar-refractivity contribution in [1.82, 2.24) is 30.4 Å². The number of rotatable bonds is 14. The van der Waals surface area contributed by atoms with E-state index in [9.17, 15) is 19.2 Å². The lowest BCUT2D eigenvalue weighted by molar-refractivity contribution is -0.142. The highest BCUT2D eigenvalue weighted by molar-refractivity contribution is 6.05. The van der Waals surface area contributed by atoms with E-state index in [0.717, 1.165) is 75.0 Å². The van der Waals surface area contributed by atoms with Gasteiger partial charge in [-0.15, -0.1) is 0 Å². The number of alkyl carbamates (subject to hydrolysis) is 2. The summed E-state index contributed by atoms with van der Waals surface area (Å²) in [5, 5.41) is 5.59. The highest BCUT2D eigenvalue weighted by Crippen LogP contribution is 2.60. The van der Waals surface area contributed by atoms with Crippen LogP contribution >= 0.6 is 0 Å². The van der Waals surface area contributed by atoms with Gasteiger partial charge in [-0.1, -0.05) is 52.0 Å². The van der Waals surface area contributed by atoms with E-state index in [1.54, 1.807) is 0 Å². The highest BCUT2D eigenvalue weighted by Gasteiger charge is 2.50. The molecule has 5 aliphatic carbocycles. The highest BCUT2D eigenvalue weighted by atomic mass is 16.5. The van der Waals surface area contributed by atoms with E-state index in [1.165, 1.54) is 84.4 Å². The van der Waals surface area contributed by atoms with Crippen molar-refractivity contribution in [1.29, 1.82) is 0 Å². The Balaban J connectivity index is 0.964. The number of aromatic amines is 1. The maximum absolute atomic E-state index is 14.4. The first-order valence-electron chi connectivity index (χ1n) is 25.9. The largest absolute Gasteiger partial charge is 0.453 e. The lowest BCUT2D eigenvalue weighted by atomic mass is 9.73. The minimum Gasteiger partial charge on any atom is -0.453 e. The number of nitrogens with two attached hydrogens (primary N) is 1. The second kappa shape index (κ2) is 18.9. The first-order valence-corrected chi connectivity index (χ1v) is 25.9. The fraction of sp³-hybridized carbons (Fsp3) is 0.630. The van der Waals surface area contributed by atoms with Crippen LogP contribution in [0.4, 0.5) is 9.59 Å². The Morgan fingerprint density at radius 3 is 2.26 bits per heavy atom. The van der Waals surface area contributed by atoms with E-state index in [2.05, 4.69) is 46.8 Å². The van der Waals surface area contributed by atoms with E-state index in [0.29, 0.717) is 49.1 Å². The Kier molecular flexibility index (Phi) is 12.9. The zero-order chi connectivity index (χ0) is 47.5. The van der Waals surface area contributed by atoms with Crippen molar-refractivity contribution in [3.05, 3.63) is 64.1 Å². The van der Waals surface area contributed by atoms with Gasteiger partial charge in [0.1, 0.15) is 17.9 Å². The minimum atomic E-state index is -0.703. The van der Waals surface area contributed by atoms with Crippen LogP contribution in [0.2, 0.25) is 0 Å². The van der Waals surface area contributed by atoms with E-state index < -0.39 is 24.3 Å². The SMILES string of the molecule is CCC(NC(=O)OC)C(=O)N1C2CCC(C2)C1CN=C(CN)c1ccc(-c2ccc(-c3cnc(C4CCCC(CC)N4C(=O)C(NC(=O)OC)C(C)C)[nH]3)c3c2CC2CCC32)c2c1C1CCC2C1. The minimum absolute atomic E-state index is 0.0209. The molecule has 10 rings (SSSR count). The number of likely N-dealkylation sites (tertiary alicyclic amines) is 2. The Morgan fingerprint density at radius 2 is 1.56 bits per heavy atom. The number of aromatic nitrogens is 2. The van der Waals surface area contributed by atoms with Gasteiger partial charge in [-0.2, -0.15) is 0 Å². The van der Waals surface area contributed by atoms with Crippen LogP contribution in [-0.2, 0) is 25.5 Å². The average molecular weight is 929 g/mol. The number of fused-ring (bicyclic) bond motifs is 10. The molecular weight excluding hydrogens is 857 g/mol. The molecule has 0 radical (unpaired) electrons. The molecule has 3 heterocycles. The summed E-state index contributed by atoms with van der Waals surface area (Å²) in [4.78, 5) is 71.2. The number of nitrogens with one attached hydrogen (secondary N) is 3. The second-order valence-corrected chi connectivity index (χ2v) is 21.3. The molecule has 2 saturated heterocycles. The summed E-state index contributed by atoms with van der Waals surface area (Å²) in [6.45, 7) is 8.80. The van der Waals surface area contributed by atoms with Crippen LogP contribution in [0.3, 0.4) is 0 Å². The summed E-state index contributed by atoms with van der Waals surface area (Å²) < 4.78 is 9.78. The van der Waals surface area contributed by atoms with E-state index in [4.69, 9.17) is 25.2 Å². The molecule has 1 aromatic heterocycles. The lowest BCUT2D eigenvalue weighted by Gasteiger charge is -2.43. The van der Waals surface area contributed by atoms with Gasteiger partial charge in [0.2, 0.25) is 11.8 Å². The lowest BCUT2D eigenvalue weighted by Crippen LogP contribution is -2.56. The molecule has 364 valence electrons. The van der Waals surface area contributed by atoms with Crippen LogP contribution in [0.5, 0.6) is 0 Å². The van der Waals surface area contributed by atoms with E-state index >= 15 is 0 Å². The summed E-state index contributed by atoms with van der Waals surface area (Å²) >= 11 is 0. The molecule has 5 N–H and O–H groups in total. The molecule has 0 spiro atoms. The van der Waals surface area contributed by atoms with Gasteiger partial charge in [-0.25, -0.2) is 14.6 Å². The first kappa shape index (κ1) is 46.5. The number of carbonyl (C=O) groups is 4. The number of piperidine rings is 2. The smallest absolute Gasteiger partial charge is 0.407 e. The monoisotopic (exact) mass is 929 g/mol. The average Bonchev–Trinajstić information content (AvgIpc) is 4.23. The number of hydrogen-bond donors (Lipinski definition) is 4. The number of methoxy groups -OCH3 is 2. The summed E-state index contributed by atoms with van der Waals surface area (Å²) in [5.41, 5.74) is 19.5. The van der Waals surface area contributed by atoms with Gasteiger partial charge < -0.3 is 40.6 Å². The number of imidazole rings is 1. The van der Waals surface area contributed by atoms with Crippen molar-refractivity contribution in [3.8, 4) is 22.4 Å². The number of nitrogens with zero attached hydrogens (tertiary/aromatic N) is 4. The molecule has 11 unspecified atom stereocenters. The molecule has 4 bridgehead atoms.